The molecule has 1 aliphatic rings. The first-order valence-corrected chi connectivity index (χ1v) is 12.9. The molecule has 0 bridgehead atoms. The van der Waals surface area contributed by atoms with Gasteiger partial charge in [-0.05, 0) is 107 Å². The Morgan fingerprint density at radius 1 is 0.917 bits per heavy atom. The second-order valence-electron chi connectivity index (χ2n) is 10.1. The molecule has 1 aliphatic heterocycles. The molecule has 3 heterocycles. The Kier molecular flexibility index (Phi) is 6.83. The van der Waals surface area contributed by atoms with Crippen LogP contribution in [-0.2, 0) is 0 Å². The molecular formula is C29H36N6O. The van der Waals surface area contributed by atoms with Crippen LogP contribution in [0.3, 0.4) is 0 Å². The molecular weight excluding hydrogens is 448 g/mol. The Labute approximate surface area is 213 Å². The van der Waals surface area contributed by atoms with Crippen LogP contribution in [0, 0.1) is 20.8 Å². The fraction of sp³-hybridized carbons (Fsp3) is 0.379. The Balaban J connectivity index is 1.53. The number of benzene rings is 2. The van der Waals surface area contributed by atoms with E-state index in [2.05, 4.69) is 79.8 Å². The highest BCUT2D eigenvalue weighted by molar-refractivity contribution is 5.93. The third-order valence-corrected chi connectivity index (χ3v) is 6.88. The van der Waals surface area contributed by atoms with Crippen molar-refractivity contribution < 1.29 is 4.74 Å². The van der Waals surface area contributed by atoms with E-state index >= 15 is 0 Å². The first-order chi connectivity index (χ1) is 17.4. The summed E-state index contributed by atoms with van der Waals surface area (Å²) in [4.78, 5) is 13.0. The zero-order chi connectivity index (χ0) is 25.2. The lowest BCUT2D eigenvalue weighted by molar-refractivity contribution is 0.243. The van der Waals surface area contributed by atoms with Crippen molar-refractivity contribution in [1.82, 2.24) is 20.3 Å². The van der Waals surface area contributed by atoms with E-state index in [0.29, 0.717) is 11.9 Å². The minimum atomic E-state index is 0.0573. The summed E-state index contributed by atoms with van der Waals surface area (Å²) >= 11 is 0. The number of anilines is 4. The summed E-state index contributed by atoms with van der Waals surface area (Å²) in [6, 6.07) is 12.6. The minimum Gasteiger partial charge on any atom is -0.489 e. The zero-order valence-electron chi connectivity index (χ0n) is 21.8. The fourth-order valence-corrected chi connectivity index (χ4v) is 5.02. The van der Waals surface area contributed by atoms with Gasteiger partial charge in [0.25, 0.3) is 0 Å². The summed E-state index contributed by atoms with van der Waals surface area (Å²) in [5.74, 6) is 2.67. The fourth-order valence-electron chi connectivity index (χ4n) is 5.02. The van der Waals surface area contributed by atoms with E-state index in [1.807, 2.05) is 18.3 Å². The monoisotopic (exact) mass is 484 g/mol. The maximum atomic E-state index is 6.28. The van der Waals surface area contributed by atoms with Crippen molar-refractivity contribution in [2.24, 2.45) is 0 Å². The van der Waals surface area contributed by atoms with Crippen molar-refractivity contribution in [2.75, 3.05) is 23.7 Å². The van der Waals surface area contributed by atoms with Crippen LogP contribution in [0.5, 0.6) is 5.75 Å². The average molecular weight is 485 g/mol. The summed E-state index contributed by atoms with van der Waals surface area (Å²) in [5, 5.41) is 11.5. The van der Waals surface area contributed by atoms with Gasteiger partial charge in [0.05, 0.1) is 17.2 Å². The number of rotatable bonds is 7. The van der Waals surface area contributed by atoms with E-state index in [1.165, 1.54) is 11.1 Å². The van der Waals surface area contributed by atoms with E-state index in [1.54, 1.807) is 0 Å². The second-order valence-corrected chi connectivity index (χ2v) is 10.1. The number of aromatic amines is 1. The highest BCUT2D eigenvalue weighted by Crippen LogP contribution is 2.38. The van der Waals surface area contributed by atoms with Crippen molar-refractivity contribution in [3.63, 3.8) is 0 Å². The van der Waals surface area contributed by atoms with Crippen LogP contribution in [0.1, 0.15) is 54.9 Å². The molecule has 2 aromatic carbocycles. The van der Waals surface area contributed by atoms with Crippen molar-refractivity contribution in [1.29, 1.82) is 0 Å². The number of piperidine rings is 1. The van der Waals surface area contributed by atoms with Crippen LogP contribution < -0.4 is 20.7 Å². The van der Waals surface area contributed by atoms with E-state index in [4.69, 9.17) is 14.7 Å². The molecule has 0 saturated carbocycles. The number of H-pyrrole nitrogens is 1. The van der Waals surface area contributed by atoms with Gasteiger partial charge in [0, 0.05) is 11.9 Å². The van der Waals surface area contributed by atoms with E-state index < -0.39 is 0 Å². The largest absolute Gasteiger partial charge is 0.489 e. The molecule has 0 unspecified atom stereocenters. The molecule has 4 aromatic rings. The quantitative estimate of drug-likeness (QED) is 0.236. The predicted octanol–water partition coefficient (Wildman–Crippen LogP) is 6.62. The highest BCUT2D eigenvalue weighted by atomic mass is 16.5. The average Bonchev–Trinajstić information content (AvgIpc) is 3.23. The van der Waals surface area contributed by atoms with E-state index in [9.17, 15) is 0 Å². The van der Waals surface area contributed by atoms with Crippen LogP contribution in [0.4, 0.5) is 23.1 Å². The van der Waals surface area contributed by atoms with Crippen LogP contribution >= 0.6 is 0 Å². The lowest BCUT2D eigenvalue weighted by Gasteiger charge is -2.26. The predicted molar refractivity (Wildman–Crippen MR) is 148 cm³/mol. The van der Waals surface area contributed by atoms with Crippen molar-refractivity contribution in [3.05, 3.63) is 64.8 Å². The van der Waals surface area contributed by atoms with Gasteiger partial charge in [0.1, 0.15) is 17.2 Å². The molecule has 4 N–H and O–H groups in total. The molecule has 0 spiro atoms. The van der Waals surface area contributed by atoms with Crippen molar-refractivity contribution >= 4 is 34.2 Å². The maximum absolute atomic E-state index is 6.28. The summed E-state index contributed by atoms with van der Waals surface area (Å²) in [6.07, 6.45) is 4.32. The second kappa shape index (κ2) is 10.2. The summed E-state index contributed by atoms with van der Waals surface area (Å²) in [6.45, 7) is 12.6. The van der Waals surface area contributed by atoms with Crippen molar-refractivity contribution in [3.8, 4) is 5.75 Å². The Morgan fingerprint density at radius 2 is 1.69 bits per heavy atom. The summed E-state index contributed by atoms with van der Waals surface area (Å²) < 4.78 is 6.28. The van der Waals surface area contributed by atoms with Gasteiger partial charge in [-0.15, -0.1) is 0 Å². The number of ether oxygens (including phenoxy) is 1. The molecule has 5 rings (SSSR count). The molecule has 0 aliphatic carbocycles. The van der Waals surface area contributed by atoms with Crippen LogP contribution in [0.2, 0.25) is 0 Å². The molecule has 2 aromatic heterocycles. The molecule has 1 fully saturated rings. The first-order valence-electron chi connectivity index (χ1n) is 12.9. The van der Waals surface area contributed by atoms with Crippen LogP contribution in [0.25, 0.3) is 11.0 Å². The van der Waals surface area contributed by atoms with Gasteiger partial charge in [-0.1, -0.05) is 18.2 Å². The van der Waals surface area contributed by atoms with Gasteiger partial charge in [0.15, 0.2) is 0 Å². The molecule has 36 heavy (non-hydrogen) atoms. The molecule has 0 amide bonds. The molecule has 188 valence electrons. The number of nitrogens with one attached hydrogen (secondary N) is 4. The van der Waals surface area contributed by atoms with E-state index in [-0.39, 0.29) is 6.10 Å². The number of para-hydroxylation sites is 1. The van der Waals surface area contributed by atoms with Gasteiger partial charge in [0.2, 0.25) is 5.95 Å². The molecule has 7 heteroatoms. The normalized spacial score (nSPS) is 14.4. The van der Waals surface area contributed by atoms with Gasteiger partial charge >= 0.3 is 0 Å². The Morgan fingerprint density at radius 3 is 2.44 bits per heavy atom. The number of fused-ring (bicyclic) bond motifs is 1. The number of nitrogens with zero attached hydrogens (tertiary/aromatic N) is 2. The smallest absolute Gasteiger partial charge is 0.231 e. The Hall–Kier alpha value is -3.58. The standard InChI is InChI=1S/C29H36N6O/c1-17(2)36-25-15-22(21-10-12-30-13-11-21)19(4)14-24(25)33-29-34-27-26(20(5)16-31-27)28(35-29)32-23-9-7-6-8-18(23)3/h6-9,14-17,21,30H,10-13H2,1-5H3,(H3,31,32,33,34,35). The SMILES string of the molecule is Cc1ccccc1Nc1nc(Nc2cc(C)c(C3CCNCC3)cc2OC(C)C)nc2[nH]cc(C)c12. The Bertz CT molecular complexity index is 1370. The number of aromatic nitrogens is 3. The molecule has 0 atom stereocenters. The number of hydrogen-bond donors (Lipinski definition) is 4. The topological polar surface area (TPSA) is 86.9 Å². The number of hydrogen-bond acceptors (Lipinski definition) is 6. The first kappa shape index (κ1) is 24.1. The third kappa shape index (κ3) is 5.02. The third-order valence-electron chi connectivity index (χ3n) is 6.88. The summed E-state index contributed by atoms with van der Waals surface area (Å²) in [5.41, 5.74) is 7.57. The van der Waals surface area contributed by atoms with Gasteiger partial charge in [-0.25, -0.2) is 0 Å². The van der Waals surface area contributed by atoms with Crippen LogP contribution in [0.15, 0.2) is 42.6 Å². The molecule has 0 radical (unpaired) electrons. The van der Waals surface area contributed by atoms with Crippen LogP contribution in [-0.4, -0.2) is 34.1 Å². The van der Waals surface area contributed by atoms with Gasteiger partial charge in [-0.2, -0.15) is 9.97 Å². The van der Waals surface area contributed by atoms with E-state index in [0.717, 1.165) is 71.0 Å². The van der Waals surface area contributed by atoms with Crippen molar-refractivity contribution in [2.45, 2.75) is 59.5 Å². The summed E-state index contributed by atoms with van der Waals surface area (Å²) in [7, 11) is 0. The van der Waals surface area contributed by atoms with Gasteiger partial charge < -0.3 is 25.7 Å². The lowest BCUT2D eigenvalue weighted by Crippen LogP contribution is -2.27. The zero-order valence-corrected chi connectivity index (χ0v) is 21.8. The minimum absolute atomic E-state index is 0.0573. The number of aryl methyl sites for hydroxylation is 3. The lowest BCUT2D eigenvalue weighted by atomic mass is 9.87. The van der Waals surface area contributed by atoms with Gasteiger partial charge in [-0.3, -0.25) is 0 Å². The molecule has 7 nitrogen and oxygen atoms in total. The maximum Gasteiger partial charge on any atom is 0.231 e. The molecule has 1 saturated heterocycles. The highest BCUT2D eigenvalue weighted by Gasteiger charge is 2.21.